The highest BCUT2D eigenvalue weighted by molar-refractivity contribution is 7.89. The molecule has 2 heterocycles. The topological polar surface area (TPSA) is 73.7 Å². The van der Waals surface area contributed by atoms with Crippen LogP contribution in [0, 0.1) is 0 Å². The molecule has 2 rings (SSSR count). The van der Waals surface area contributed by atoms with Crippen molar-refractivity contribution in [2.24, 2.45) is 0 Å². The van der Waals surface area contributed by atoms with Crippen LogP contribution in [0.25, 0.3) is 0 Å². The Morgan fingerprint density at radius 3 is 2.74 bits per heavy atom. The summed E-state index contributed by atoms with van der Waals surface area (Å²) in [4.78, 5) is 6.42. The molecule has 19 heavy (non-hydrogen) atoms. The molecule has 0 radical (unpaired) electrons. The lowest BCUT2D eigenvalue weighted by Crippen LogP contribution is -2.32. The molecule has 1 atom stereocenters. The monoisotopic (exact) mass is 285 g/mol. The van der Waals surface area contributed by atoms with Gasteiger partial charge < -0.3 is 10.0 Å². The van der Waals surface area contributed by atoms with Crippen molar-refractivity contribution in [3.8, 4) is 0 Å². The highest BCUT2D eigenvalue weighted by Crippen LogP contribution is 2.24. The van der Waals surface area contributed by atoms with Gasteiger partial charge in [-0.25, -0.2) is 17.7 Å². The predicted molar refractivity (Wildman–Crippen MR) is 72.6 cm³/mol. The molecule has 0 bridgehead atoms. The molecule has 106 valence electrons. The second-order valence-corrected chi connectivity index (χ2v) is 6.96. The van der Waals surface area contributed by atoms with Gasteiger partial charge in [0.15, 0.2) is 0 Å². The van der Waals surface area contributed by atoms with Crippen LogP contribution in [0.15, 0.2) is 23.2 Å². The fraction of sp³-hybridized carbons (Fsp3) is 0.583. The number of anilines is 1. The summed E-state index contributed by atoms with van der Waals surface area (Å²) in [6.45, 7) is 0.942. The van der Waals surface area contributed by atoms with E-state index >= 15 is 0 Å². The molecule has 1 aromatic heterocycles. The Kier molecular flexibility index (Phi) is 4.07. The Morgan fingerprint density at radius 2 is 2.21 bits per heavy atom. The average molecular weight is 285 g/mol. The number of rotatable bonds is 4. The third-order valence-corrected chi connectivity index (χ3v) is 5.18. The fourth-order valence-corrected chi connectivity index (χ4v) is 3.08. The predicted octanol–water partition coefficient (Wildman–Crippen LogP) is 0.293. The van der Waals surface area contributed by atoms with Gasteiger partial charge in [-0.05, 0) is 25.0 Å². The van der Waals surface area contributed by atoms with Gasteiger partial charge in [0, 0.05) is 26.8 Å². The first-order valence-corrected chi connectivity index (χ1v) is 7.67. The van der Waals surface area contributed by atoms with Gasteiger partial charge in [0.05, 0.1) is 12.6 Å². The summed E-state index contributed by atoms with van der Waals surface area (Å²) >= 11 is 0. The van der Waals surface area contributed by atoms with Gasteiger partial charge in [-0.2, -0.15) is 0 Å². The maximum atomic E-state index is 11.9. The van der Waals surface area contributed by atoms with Crippen LogP contribution in [-0.4, -0.2) is 56.1 Å². The lowest BCUT2D eigenvalue weighted by molar-refractivity contribution is 0.266. The van der Waals surface area contributed by atoms with Crippen LogP contribution in [0.3, 0.4) is 0 Å². The van der Waals surface area contributed by atoms with Gasteiger partial charge in [0.25, 0.3) is 0 Å². The van der Waals surface area contributed by atoms with Crippen molar-refractivity contribution >= 4 is 15.8 Å². The van der Waals surface area contributed by atoms with Crippen LogP contribution in [0.1, 0.15) is 12.8 Å². The van der Waals surface area contributed by atoms with E-state index < -0.39 is 10.0 Å². The van der Waals surface area contributed by atoms with E-state index in [2.05, 4.69) is 4.98 Å². The number of hydrogen-bond donors (Lipinski definition) is 1. The van der Waals surface area contributed by atoms with Crippen LogP contribution in [0.5, 0.6) is 0 Å². The first-order valence-electron chi connectivity index (χ1n) is 6.23. The van der Waals surface area contributed by atoms with Crippen molar-refractivity contribution in [1.29, 1.82) is 0 Å². The zero-order chi connectivity index (χ0) is 14.0. The fourth-order valence-electron chi connectivity index (χ4n) is 2.23. The summed E-state index contributed by atoms with van der Waals surface area (Å²) in [5, 5.41) is 9.28. The number of sulfonamides is 1. The van der Waals surface area contributed by atoms with Gasteiger partial charge >= 0.3 is 0 Å². The molecule has 6 nitrogen and oxygen atoms in total. The van der Waals surface area contributed by atoms with E-state index in [-0.39, 0.29) is 17.5 Å². The van der Waals surface area contributed by atoms with Gasteiger partial charge in [0.2, 0.25) is 10.0 Å². The lowest BCUT2D eigenvalue weighted by atomic mass is 10.2. The molecule has 1 unspecified atom stereocenters. The van der Waals surface area contributed by atoms with Crippen LogP contribution in [-0.2, 0) is 10.0 Å². The molecule has 0 spiro atoms. The SMILES string of the molecule is CN(C)S(=O)(=O)c1ccc(N2CCCC2CO)nc1. The average Bonchev–Trinajstić information content (AvgIpc) is 2.87. The minimum atomic E-state index is -3.43. The Bertz CT molecular complexity index is 528. The Labute approximate surface area is 113 Å². The van der Waals surface area contributed by atoms with Crippen molar-refractivity contribution < 1.29 is 13.5 Å². The summed E-state index contributed by atoms with van der Waals surface area (Å²) in [7, 11) is -0.450. The van der Waals surface area contributed by atoms with E-state index in [9.17, 15) is 13.5 Å². The van der Waals surface area contributed by atoms with Gasteiger partial charge in [-0.3, -0.25) is 0 Å². The molecule has 0 aliphatic carbocycles. The summed E-state index contributed by atoms with van der Waals surface area (Å²) in [6, 6.07) is 3.35. The second kappa shape index (κ2) is 5.44. The third kappa shape index (κ3) is 2.72. The Balaban J connectivity index is 2.24. The molecule has 1 aromatic rings. The van der Waals surface area contributed by atoms with Crippen molar-refractivity contribution in [2.45, 2.75) is 23.8 Å². The molecule has 1 N–H and O–H groups in total. The molecule has 1 aliphatic heterocycles. The number of aliphatic hydroxyl groups is 1. The Hall–Kier alpha value is -1.18. The van der Waals surface area contributed by atoms with Crippen molar-refractivity contribution in [3.05, 3.63) is 18.3 Å². The number of hydrogen-bond acceptors (Lipinski definition) is 5. The van der Waals surface area contributed by atoms with Gasteiger partial charge in [-0.15, -0.1) is 0 Å². The molecule has 1 saturated heterocycles. The Morgan fingerprint density at radius 1 is 1.47 bits per heavy atom. The van der Waals surface area contributed by atoms with Crippen molar-refractivity contribution in [1.82, 2.24) is 9.29 Å². The van der Waals surface area contributed by atoms with Crippen LogP contribution in [0.2, 0.25) is 0 Å². The van der Waals surface area contributed by atoms with E-state index in [0.717, 1.165) is 23.7 Å². The number of aromatic nitrogens is 1. The summed E-state index contributed by atoms with van der Waals surface area (Å²) in [5.41, 5.74) is 0. The maximum Gasteiger partial charge on any atom is 0.244 e. The van der Waals surface area contributed by atoms with Gasteiger partial charge in [0.1, 0.15) is 10.7 Å². The highest BCUT2D eigenvalue weighted by atomic mass is 32.2. The standard InChI is InChI=1S/C12H19N3O3S/c1-14(2)19(17,18)11-5-6-12(13-8-11)15-7-3-4-10(15)9-16/h5-6,8,10,16H,3-4,7,9H2,1-2H3. The smallest absolute Gasteiger partial charge is 0.244 e. The molecule has 1 aliphatic rings. The zero-order valence-corrected chi connectivity index (χ0v) is 12.0. The molecule has 1 fully saturated rings. The van der Waals surface area contributed by atoms with E-state index in [1.54, 1.807) is 12.1 Å². The molecule has 7 heteroatoms. The normalized spacial score (nSPS) is 20.2. The zero-order valence-electron chi connectivity index (χ0n) is 11.2. The maximum absolute atomic E-state index is 11.9. The first-order chi connectivity index (χ1) is 8.96. The summed E-state index contributed by atoms with van der Waals surface area (Å²) in [6.07, 6.45) is 3.33. The van der Waals surface area contributed by atoms with E-state index in [4.69, 9.17) is 0 Å². The van der Waals surface area contributed by atoms with E-state index in [1.165, 1.54) is 20.3 Å². The molecular formula is C12H19N3O3S. The largest absolute Gasteiger partial charge is 0.394 e. The minimum Gasteiger partial charge on any atom is -0.394 e. The summed E-state index contributed by atoms with van der Waals surface area (Å²) in [5.74, 6) is 0.717. The molecular weight excluding hydrogens is 266 g/mol. The van der Waals surface area contributed by atoms with Crippen LogP contribution in [0.4, 0.5) is 5.82 Å². The minimum absolute atomic E-state index is 0.0869. The summed E-state index contributed by atoms with van der Waals surface area (Å²) < 4.78 is 25.0. The van der Waals surface area contributed by atoms with Crippen LogP contribution < -0.4 is 4.90 Å². The van der Waals surface area contributed by atoms with Crippen molar-refractivity contribution in [2.75, 3.05) is 32.1 Å². The number of pyridine rings is 1. The first kappa shape index (κ1) is 14.2. The van der Waals surface area contributed by atoms with E-state index in [0.29, 0.717) is 5.82 Å². The third-order valence-electron chi connectivity index (χ3n) is 3.38. The molecule has 0 saturated carbocycles. The second-order valence-electron chi connectivity index (χ2n) is 4.81. The van der Waals surface area contributed by atoms with Crippen molar-refractivity contribution in [3.63, 3.8) is 0 Å². The van der Waals surface area contributed by atoms with Crippen LogP contribution >= 0.6 is 0 Å². The lowest BCUT2D eigenvalue weighted by Gasteiger charge is -2.24. The molecule has 0 aromatic carbocycles. The number of nitrogens with zero attached hydrogens (tertiary/aromatic N) is 3. The number of aliphatic hydroxyl groups excluding tert-OH is 1. The highest BCUT2D eigenvalue weighted by Gasteiger charge is 2.25. The quantitative estimate of drug-likeness (QED) is 0.861. The molecule has 0 amide bonds. The van der Waals surface area contributed by atoms with E-state index in [1.807, 2.05) is 4.90 Å². The van der Waals surface area contributed by atoms with Gasteiger partial charge in [-0.1, -0.05) is 0 Å².